The number of fused-ring (bicyclic) bond motifs is 5. The van der Waals surface area contributed by atoms with E-state index in [0.29, 0.717) is 24.3 Å². The molecule has 4 heteroatoms. The molecule has 1 aromatic rings. The Balaban J connectivity index is 1.32. The van der Waals surface area contributed by atoms with E-state index in [1.54, 1.807) is 6.08 Å². The number of carbonyl (C=O) groups excluding carboxylic acids is 2. The van der Waals surface area contributed by atoms with Gasteiger partial charge in [-0.2, -0.15) is 0 Å². The maximum Gasteiger partial charge on any atom is 0.330 e. The number of rotatable bonds is 3. The quantitative estimate of drug-likeness (QED) is 0.743. The molecule has 3 fully saturated rings. The van der Waals surface area contributed by atoms with Crippen LogP contribution in [-0.2, 0) is 20.9 Å². The molecule has 0 saturated heterocycles. The molecular weight excluding hydrogens is 374 g/mol. The number of benzene rings is 1. The predicted molar refractivity (Wildman–Crippen MR) is 115 cm³/mol. The zero-order valence-electron chi connectivity index (χ0n) is 18.1. The van der Waals surface area contributed by atoms with Crippen LogP contribution in [0.15, 0.2) is 42.5 Å². The molecule has 2 unspecified atom stereocenters. The molecule has 0 bridgehead atoms. The van der Waals surface area contributed by atoms with Crippen molar-refractivity contribution >= 4 is 11.9 Å². The van der Waals surface area contributed by atoms with Crippen molar-refractivity contribution in [2.75, 3.05) is 0 Å². The van der Waals surface area contributed by atoms with Gasteiger partial charge in [0.05, 0.1) is 0 Å². The summed E-state index contributed by atoms with van der Waals surface area (Å²) in [7, 11) is 0. The summed E-state index contributed by atoms with van der Waals surface area (Å²) < 4.78 is 5.72. The molecule has 4 nitrogen and oxygen atoms in total. The number of amides is 1. The zero-order valence-corrected chi connectivity index (χ0v) is 18.1. The van der Waals surface area contributed by atoms with Gasteiger partial charge < -0.3 is 10.1 Å². The second-order valence-electron chi connectivity index (χ2n) is 10.5. The fourth-order valence-corrected chi connectivity index (χ4v) is 7.54. The summed E-state index contributed by atoms with van der Waals surface area (Å²) in [6.07, 6.45) is 10.2. The largest absolute Gasteiger partial charge is 0.458 e. The van der Waals surface area contributed by atoms with Gasteiger partial charge in [0, 0.05) is 24.0 Å². The molecule has 5 rings (SSSR count). The fraction of sp³-hybridized carbons (Fsp3) is 0.615. The smallest absolute Gasteiger partial charge is 0.330 e. The van der Waals surface area contributed by atoms with Crippen LogP contribution in [0, 0.1) is 34.5 Å². The van der Waals surface area contributed by atoms with E-state index in [1.165, 1.54) is 0 Å². The van der Waals surface area contributed by atoms with E-state index in [4.69, 9.17) is 4.74 Å². The van der Waals surface area contributed by atoms with Gasteiger partial charge in [-0.1, -0.05) is 50.3 Å². The molecule has 0 aromatic heterocycles. The van der Waals surface area contributed by atoms with Crippen molar-refractivity contribution in [1.29, 1.82) is 0 Å². The van der Waals surface area contributed by atoms with E-state index in [-0.39, 0.29) is 34.7 Å². The van der Waals surface area contributed by atoms with E-state index < -0.39 is 0 Å². The Bertz CT molecular complexity index is 864. The molecule has 1 heterocycles. The van der Waals surface area contributed by atoms with Crippen molar-refractivity contribution in [3.63, 3.8) is 0 Å². The molecule has 0 radical (unpaired) electrons. The Morgan fingerprint density at radius 2 is 1.87 bits per heavy atom. The van der Waals surface area contributed by atoms with Gasteiger partial charge in [0.15, 0.2) is 0 Å². The summed E-state index contributed by atoms with van der Waals surface area (Å²) in [4.78, 5) is 25.0. The Morgan fingerprint density at radius 3 is 2.67 bits per heavy atom. The lowest BCUT2D eigenvalue weighted by atomic mass is 9.48. The van der Waals surface area contributed by atoms with Crippen LogP contribution in [-0.4, -0.2) is 18.0 Å². The monoisotopic (exact) mass is 407 g/mol. The number of hydrogen-bond acceptors (Lipinski definition) is 3. The van der Waals surface area contributed by atoms with E-state index in [1.807, 2.05) is 18.2 Å². The first-order valence-electron chi connectivity index (χ1n) is 11.6. The third-order valence-electron chi connectivity index (χ3n) is 9.16. The highest BCUT2D eigenvalue weighted by molar-refractivity contribution is 5.83. The van der Waals surface area contributed by atoms with Crippen LogP contribution >= 0.6 is 0 Å². The lowest BCUT2D eigenvalue weighted by Crippen LogP contribution is -2.55. The third kappa shape index (κ3) is 3.02. The zero-order chi connectivity index (χ0) is 20.9. The molecule has 0 spiro atoms. The second-order valence-corrected chi connectivity index (χ2v) is 10.5. The summed E-state index contributed by atoms with van der Waals surface area (Å²) in [5, 5.41) is 3.22. The van der Waals surface area contributed by atoms with Crippen LogP contribution < -0.4 is 5.32 Å². The molecule has 3 saturated carbocycles. The van der Waals surface area contributed by atoms with Crippen molar-refractivity contribution in [1.82, 2.24) is 5.32 Å². The van der Waals surface area contributed by atoms with Crippen LogP contribution in [0.2, 0.25) is 0 Å². The normalized spacial score (nSPS) is 41.9. The number of esters is 1. The van der Waals surface area contributed by atoms with Crippen LogP contribution in [0.3, 0.4) is 0 Å². The molecule has 3 aliphatic carbocycles. The van der Waals surface area contributed by atoms with Crippen molar-refractivity contribution in [2.45, 2.75) is 65.0 Å². The molecule has 4 aliphatic rings. The molecule has 30 heavy (non-hydrogen) atoms. The summed E-state index contributed by atoms with van der Waals surface area (Å²) in [6.45, 7) is 5.27. The summed E-state index contributed by atoms with van der Waals surface area (Å²) >= 11 is 0. The average molecular weight is 408 g/mol. The van der Waals surface area contributed by atoms with Gasteiger partial charge >= 0.3 is 5.97 Å². The average Bonchev–Trinajstić information content (AvgIpc) is 3.10. The summed E-state index contributed by atoms with van der Waals surface area (Å²) in [6, 6.07) is 10.2. The number of ether oxygens (including phenoxy) is 1. The van der Waals surface area contributed by atoms with E-state index in [9.17, 15) is 9.59 Å². The predicted octanol–water partition coefficient (Wildman–Crippen LogP) is 4.64. The molecule has 1 amide bonds. The van der Waals surface area contributed by atoms with Gasteiger partial charge in [-0.05, 0) is 67.3 Å². The minimum Gasteiger partial charge on any atom is -0.458 e. The van der Waals surface area contributed by atoms with Crippen LogP contribution in [0.25, 0.3) is 0 Å². The second kappa shape index (κ2) is 7.25. The molecular formula is C26H33NO3. The SMILES string of the molecule is C[C@]12C=CC(=O)OC1CC[C@@H]1[C@H]2CC[C@]2(C)C(C(=O)NCc3ccccc3)CC[C@@H]12. The topological polar surface area (TPSA) is 55.4 Å². The van der Waals surface area contributed by atoms with Crippen LogP contribution in [0.5, 0.6) is 0 Å². The van der Waals surface area contributed by atoms with Crippen molar-refractivity contribution < 1.29 is 14.3 Å². The van der Waals surface area contributed by atoms with Crippen LogP contribution in [0.1, 0.15) is 57.9 Å². The van der Waals surface area contributed by atoms with Crippen molar-refractivity contribution in [2.24, 2.45) is 34.5 Å². The van der Waals surface area contributed by atoms with E-state index in [2.05, 4.69) is 37.4 Å². The molecule has 160 valence electrons. The van der Waals surface area contributed by atoms with E-state index >= 15 is 0 Å². The lowest BCUT2D eigenvalue weighted by molar-refractivity contribution is -0.168. The lowest BCUT2D eigenvalue weighted by Gasteiger charge is -2.58. The fourth-order valence-electron chi connectivity index (χ4n) is 7.54. The van der Waals surface area contributed by atoms with Crippen molar-refractivity contribution in [3.05, 3.63) is 48.0 Å². The first-order chi connectivity index (χ1) is 14.4. The Morgan fingerprint density at radius 1 is 1.07 bits per heavy atom. The minimum atomic E-state index is -0.187. The Hall–Kier alpha value is -2.10. The first-order valence-corrected chi connectivity index (χ1v) is 11.6. The molecule has 1 aliphatic heterocycles. The highest BCUT2D eigenvalue weighted by Crippen LogP contribution is 2.65. The van der Waals surface area contributed by atoms with E-state index in [0.717, 1.165) is 44.1 Å². The highest BCUT2D eigenvalue weighted by Gasteiger charge is 2.61. The first kappa shape index (κ1) is 19.8. The number of hydrogen-bond donors (Lipinski definition) is 1. The Labute approximate surface area is 179 Å². The molecule has 1 aromatic carbocycles. The van der Waals surface area contributed by atoms with Gasteiger partial charge in [0.1, 0.15) is 6.10 Å². The third-order valence-corrected chi connectivity index (χ3v) is 9.16. The Kier molecular flexibility index (Phi) is 4.79. The minimum absolute atomic E-state index is 0.0203. The standard InChI is InChI=1S/C26H33NO3/c1-25-14-12-20-18(8-11-22-26(20,2)15-13-23(28)30-22)19(25)9-10-21(25)24(29)27-16-17-6-4-3-5-7-17/h3-7,13,15,18-22H,8-12,14,16H2,1-2H3,(H,27,29)/t18-,19-,20+,21?,22?,25-,26+/m0/s1. The number of carbonyl (C=O) groups is 2. The van der Waals surface area contributed by atoms with Crippen LogP contribution in [0.4, 0.5) is 0 Å². The van der Waals surface area contributed by atoms with Gasteiger partial charge in [-0.25, -0.2) is 4.79 Å². The van der Waals surface area contributed by atoms with Crippen molar-refractivity contribution in [3.8, 4) is 0 Å². The van der Waals surface area contributed by atoms with Gasteiger partial charge in [0.25, 0.3) is 0 Å². The molecule has 7 atom stereocenters. The summed E-state index contributed by atoms with van der Waals surface area (Å²) in [5.74, 6) is 1.91. The maximum absolute atomic E-state index is 13.2. The number of nitrogens with one attached hydrogen (secondary N) is 1. The van der Waals surface area contributed by atoms with Gasteiger partial charge in [0.2, 0.25) is 5.91 Å². The molecule has 1 N–H and O–H groups in total. The van der Waals surface area contributed by atoms with Gasteiger partial charge in [-0.3, -0.25) is 4.79 Å². The summed E-state index contributed by atoms with van der Waals surface area (Å²) in [5.41, 5.74) is 1.19. The maximum atomic E-state index is 13.2. The highest BCUT2D eigenvalue weighted by atomic mass is 16.5. The van der Waals surface area contributed by atoms with Gasteiger partial charge in [-0.15, -0.1) is 0 Å².